The molecule has 0 aromatic carbocycles. The van der Waals surface area contributed by atoms with Crippen molar-refractivity contribution < 1.29 is 19.1 Å². The van der Waals surface area contributed by atoms with Gasteiger partial charge in [0.25, 0.3) is 0 Å². The number of pyridine rings is 1. The molecule has 2 amide bonds. The van der Waals surface area contributed by atoms with Crippen molar-refractivity contribution in [3.8, 4) is 0 Å². The molecule has 0 atom stereocenters. The Morgan fingerprint density at radius 1 is 1.17 bits per heavy atom. The van der Waals surface area contributed by atoms with Crippen LogP contribution in [-0.2, 0) is 27.4 Å². The monoisotopic (exact) mass is 406 g/mol. The second-order valence-corrected chi connectivity index (χ2v) is 6.45. The summed E-state index contributed by atoms with van der Waals surface area (Å²) in [6, 6.07) is 1.58. The first-order chi connectivity index (χ1) is 14.0. The molecule has 29 heavy (non-hydrogen) atoms. The average Bonchev–Trinajstić information content (AvgIpc) is 3.02. The third-order valence-electron chi connectivity index (χ3n) is 4.20. The quantitative estimate of drug-likeness (QED) is 0.380. The Balaban J connectivity index is 1.88. The number of nitrogens with two attached hydrogens (primary N) is 1. The molecule has 0 radical (unpaired) electrons. The highest BCUT2D eigenvalue weighted by Crippen LogP contribution is 2.22. The van der Waals surface area contributed by atoms with Gasteiger partial charge in [0.1, 0.15) is 24.5 Å². The molecule has 2 aromatic rings. The maximum Gasteiger partial charge on any atom is 0.325 e. The number of unbranched alkanes of at least 4 members (excludes halogenated alkanes) is 1. The van der Waals surface area contributed by atoms with Crippen LogP contribution in [0, 0.1) is 6.92 Å². The number of hydrogen-bond donors (Lipinski definition) is 3. The lowest BCUT2D eigenvalue weighted by atomic mass is 10.2. The number of hydrogen-bond acceptors (Lipinski definition) is 7. The molecule has 2 heterocycles. The van der Waals surface area contributed by atoms with E-state index in [1.165, 1.54) is 0 Å². The van der Waals surface area contributed by atoms with Gasteiger partial charge in [0.15, 0.2) is 5.82 Å². The van der Waals surface area contributed by atoms with Crippen molar-refractivity contribution >= 4 is 28.9 Å². The van der Waals surface area contributed by atoms with Crippen molar-refractivity contribution in [2.75, 3.05) is 32.0 Å². The van der Waals surface area contributed by atoms with Crippen LogP contribution < -0.4 is 16.4 Å². The number of aromatic nitrogens is 3. The Hall–Kier alpha value is -2.88. The minimum absolute atomic E-state index is 0.143. The smallest absolute Gasteiger partial charge is 0.325 e. The van der Waals surface area contributed by atoms with Gasteiger partial charge in [-0.3, -0.25) is 4.79 Å². The molecule has 2 rings (SSSR count). The van der Waals surface area contributed by atoms with Crippen LogP contribution in [0.25, 0.3) is 11.0 Å². The Labute approximate surface area is 170 Å². The van der Waals surface area contributed by atoms with E-state index in [-0.39, 0.29) is 13.2 Å². The highest BCUT2D eigenvalue weighted by Gasteiger charge is 2.14. The molecule has 0 fully saturated rings. The summed E-state index contributed by atoms with van der Waals surface area (Å²) in [5.74, 6) is 0.762. The predicted molar refractivity (Wildman–Crippen MR) is 109 cm³/mol. The van der Waals surface area contributed by atoms with Gasteiger partial charge in [0.05, 0.1) is 12.1 Å². The molecular formula is C19H30N6O4. The number of fused-ring (bicyclic) bond motifs is 1. The van der Waals surface area contributed by atoms with Gasteiger partial charge in [0, 0.05) is 25.4 Å². The van der Waals surface area contributed by atoms with E-state index in [0.29, 0.717) is 37.6 Å². The third kappa shape index (κ3) is 6.60. The number of amides is 2. The summed E-state index contributed by atoms with van der Waals surface area (Å²) < 4.78 is 12.4. The summed E-state index contributed by atoms with van der Waals surface area (Å²) >= 11 is 0. The van der Waals surface area contributed by atoms with Crippen LogP contribution in [-0.4, -0.2) is 52.8 Å². The van der Waals surface area contributed by atoms with Gasteiger partial charge in [0.2, 0.25) is 0 Å². The summed E-state index contributed by atoms with van der Waals surface area (Å²) in [6.07, 6.45) is 1.59. The van der Waals surface area contributed by atoms with Gasteiger partial charge in [-0.25, -0.2) is 14.8 Å². The average molecular weight is 406 g/mol. The molecule has 0 spiro atoms. The van der Waals surface area contributed by atoms with E-state index in [4.69, 9.17) is 15.2 Å². The molecular weight excluding hydrogens is 376 g/mol. The number of carbonyl (C=O) groups excluding carboxylic acids is 2. The Bertz CT molecular complexity index is 836. The van der Waals surface area contributed by atoms with Gasteiger partial charge in [-0.15, -0.1) is 0 Å². The number of carbonyl (C=O) groups is 2. The molecule has 0 aliphatic heterocycles. The molecule has 0 unspecified atom stereocenters. The first kappa shape index (κ1) is 22.4. The molecule has 10 nitrogen and oxygen atoms in total. The van der Waals surface area contributed by atoms with Crippen LogP contribution in [0.5, 0.6) is 0 Å². The normalized spacial score (nSPS) is 10.9. The zero-order chi connectivity index (χ0) is 21.2. The SMILES string of the molecule is CCOCc1nc2c(N)nc(C)cc2n1CCCCNC(=O)NCC(=O)OCC. The fourth-order valence-electron chi connectivity index (χ4n) is 2.90. The van der Waals surface area contributed by atoms with Crippen LogP contribution in [0.1, 0.15) is 38.2 Å². The number of nitrogens with one attached hydrogen (secondary N) is 2. The lowest BCUT2D eigenvalue weighted by Crippen LogP contribution is -2.39. The first-order valence-electron chi connectivity index (χ1n) is 9.83. The van der Waals surface area contributed by atoms with Crippen LogP contribution in [0.3, 0.4) is 0 Å². The topological polar surface area (TPSA) is 133 Å². The second kappa shape index (κ2) is 11.2. The Kier molecular flexibility index (Phi) is 8.66. The fourth-order valence-corrected chi connectivity index (χ4v) is 2.90. The van der Waals surface area contributed by atoms with Crippen molar-refractivity contribution in [3.63, 3.8) is 0 Å². The number of anilines is 1. The van der Waals surface area contributed by atoms with Gasteiger partial charge < -0.3 is 30.4 Å². The molecule has 160 valence electrons. The van der Waals surface area contributed by atoms with E-state index in [0.717, 1.165) is 29.9 Å². The van der Waals surface area contributed by atoms with E-state index in [1.54, 1.807) is 6.92 Å². The Morgan fingerprint density at radius 3 is 2.69 bits per heavy atom. The zero-order valence-electron chi connectivity index (χ0n) is 17.3. The maximum atomic E-state index is 11.7. The van der Waals surface area contributed by atoms with Crippen LogP contribution in [0.4, 0.5) is 10.6 Å². The summed E-state index contributed by atoms with van der Waals surface area (Å²) in [7, 11) is 0. The van der Waals surface area contributed by atoms with Crippen molar-refractivity contribution in [2.45, 2.75) is 46.8 Å². The molecule has 0 bridgehead atoms. The molecule has 2 aromatic heterocycles. The summed E-state index contributed by atoms with van der Waals surface area (Å²) in [4.78, 5) is 31.8. The van der Waals surface area contributed by atoms with Gasteiger partial charge in [-0.2, -0.15) is 0 Å². The van der Waals surface area contributed by atoms with E-state index >= 15 is 0 Å². The van der Waals surface area contributed by atoms with E-state index < -0.39 is 12.0 Å². The minimum atomic E-state index is -0.458. The highest BCUT2D eigenvalue weighted by atomic mass is 16.5. The summed E-state index contributed by atoms with van der Waals surface area (Å²) in [6.45, 7) is 7.90. The summed E-state index contributed by atoms with van der Waals surface area (Å²) in [5.41, 5.74) is 8.48. The minimum Gasteiger partial charge on any atom is -0.465 e. The van der Waals surface area contributed by atoms with Crippen LogP contribution >= 0.6 is 0 Å². The number of rotatable bonds is 11. The molecule has 0 saturated carbocycles. The van der Waals surface area contributed by atoms with E-state index in [9.17, 15) is 9.59 Å². The van der Waals surface area contributed by atoms with Crippen LogP contribution in [0.15, 0.2) is 6.07 Å². The number of imidazole rings is 1. The fraction of sp³-hybridized carbons (Fsp3) is 0.579. The number of nitrogens with zero attached hydrogens (tertiary/aromatic N) is 3. The maximum absolute atomic E-state index is 11.7. The van der Waals surface area contributed by atoms with Crippen molar-refractivity contribution in [3.05, 3.63) is 17.6 Å². The van der Waals surface area contributed by atoms with Gasteiger partial charge in [-0.05, 0) is 39.7 Å². The number of nitrogen functional groups attached to an aromatic ring is 1. The second-order valence-electron chi connectivity index (χ2n) is 6.45. The largest absolute Gasteiger partial charge is 0.465 e. The van der Waals surface area contributed by atoms with Gasteiger partial charge >= 0.3 is 12.0 Å². The Morgan fingerprint density at radius 2 is 1.97 bits per heavy atom. The van der Waals surface area contributed by atoms with E-state index in [1.807, 2.05) is 19.9 Å². The lowest BCUT2D eigenvalue weighted by molar-refractivity contribution is -0.141. The number of ether oxygens (including phenoxy) is 2. The van der Waals surface area contributed by atoms with Crippen molar-refractivity contribution in [2.24, 2.45) is 0 Å². The number of aryl methyl sites for hydroxylation is 2. The van der Waals surface area contributed by atoms with Gasteiger partial charge in [-0.1, -0.05) is 0 Å². The predicted octanol–water partition coefficient (Wildman–Crippen LogP) is 1.50. The number of urea groups is 1. The summed E-state index contributed by atoms with van der Waals surface area (Å²) in [5, 5.41) is 5.19. The molecule has 10 heteroatoms. The highest BCUT2D eigenvalue weighted by molar-refractivity contribution is 5.85. The van der Waals surface area contributed by atoms with Crippen molar-refractivity contribution in [1.82, 2.24) is 25.2 Å². The molecule has 0 aliphatic rings. The first-order valence-corrected chi connectivity index (χ1v) is 9.83. The molecule has 0 aliphatic carbocycles. The third-order valence-corrected chi connectivity index (χ3v) is 4.20. The lowest BCUT2D eigenvalue weighted by Gasteiger charge is -2.10. The zero-order valence-corrected chi connectivity index (χ0v) is 17.3. The number of esters is 1. The van der Waals surface area contributed by atoms with E-state index in [2.05, 4.69) is 25.2 Å². The van der Waals surface area contributed by atoms with Crippen LogP contribution in [0.2, 0.25) is 0 Å². The standard InChI is InChI=1S/C19H30N6O4/c1-4-28-12-15-24-17-14(10-13(3)23-18(17)20)25(15)9-7-6-8-21-19(27)22-11-16(26)29-5-2/h10H,4-9,11-12H2,1-3H3,(H2,20,23)(H2,21,22,27). The molecule has 4 N–H and O–H groups in total. The van der Waals surface area contributed by atoms with Crippen molar-refractivity contribution in [1.29, 1.82) is 0 Å². The molecule has 0 saturated heterocycles.